The van der Waals surface area contributed by atoms with E-state index in [1.165, 1.54) is 22.7 Å². The molecule has 29 heavy (non-hydrogen) atoms. The molecule has 0 aliphatic heterocycles. The largest absolute Gasteiger partial charge is 0.497 e. The van der Waals surface area contributed by atoms with E-state index >= 15 is 0 Å². The Labute approximate surface area is 167 Å². The van der Waals surface area contributed by atoms with Gasteiger partial charge < -0.3 is 25.3 Å². The van der Waals surface area contributed by atoms with Gasteiger partial charge in [0.1, 0.15) is 11.6 Å². The Morgan fingerprint density at radius 2 is 1.86 bits per heavy atom. The number of rotatable bonds is 6. The number of carboxylic acids is 2. The second-order valence-corrected chi connectivity index (χ2v) is 6.31. The minimum atomic E-state index is -1.82. The van der Waals surface area contributed by atoms with E-state index in [1.54, 1.807) is 19.2 Å². The lowest BCUT2D eigenvalue weighted by Crippen LogP contribution is -2.17. The van der Waals surface area contributed by atoms with Crippen LogP contribution in [-0.4, -0.2) is 40.8 Å². The smallest absolute Gasteiger partial charge is 0.414 e. The molecule has 0 amide bonds. The first kappa shape index (κ1) is 21.9. The van der Waals surface area contributed by atoms with E-state index in [0.717, 1.165) is 29.8 Å². The molecule has 8 heteroatoms. The highest BCUT2D eigenvalue weighted by molar-refractivity contribution is 6.27. The van der Waals surface area contributed by atoms with Crippen molar-refractivity contribution in [3.05, 3.63) is 65.1 Å². The average molecular weight is 402 g/mol. The van der Waals surface area contributed by atoms with Gasteiger partial charge in [-0.2, -0.15) is 0 Å². The molecule has 0 saturated carbocycles. The summed E-state index contributed by atoms with van der Waals surface area (Å²) in [5, 5.41) is 19.4. The highest BCUT2D eigenvalue weighted by atomic mass is 19.1. The van der Waals surface area contributed by atoms with Gasteiger partial charge in [-0.25, -0.2) is 14.0 Å². The molecule has 0 unspecified atom stereocenters. The van der Waals surface area contributed by atoms with Crippen molar-refractivity contribution in [3.8, 4) is 5.75 Å². The number of hydrogen-bond donors (Lipinski definition) is 4. The Morgan fingerprint density at radius 1 is 1.14 bits per heavy atom. The summed E-state index contributed by atoms with van der Waals surface area (Å²) in [5.74, 6) is -2.97. The quantitative estimate of drug-likeness (QED) is 0.372. The van der Waals surface area contributed by atoms with Gasteiger partial charge in [0.15, 0.2) is 0 Å². The summed E-state index contributed by atoms with van der Waals surface area (Å²) in [5.41, 5.74) is 4.57. The number of aromatic amines is 1. The van der Waals surface area contributed by atoms with Crippen LogP contribution in [0.15, 0.2) is 42.5 Å². The standard InChI is InChI=1S/C19H21FN2O.C2H2O4/c1-13-17(18-11-16(23-2)6-7-19(18)22-13)8-9-21-12-14-4-3-5-15(20)10-14;3-1(4)2(5)6/h3-7,10-11,21-22H,8-9,12H2,1-2H3;(H,3,4)(H,5,6). The Kier molecular flexibility index (Phi) is 7.73. The molecule has 154 valence electrons. The molecule has 0 spiro atoms. The number of fused-ring (bicyclic) bond motifs is 1. The molecule has 0 aliphatic carbocycles. The maximum atomic E-state index is 13.2. The number of halogens is 1. The number of aliphatic carboxylic acids is 2. The first-order valence-electron chi connectivity index (χ1n) is 8.88. The van der Waals surface area contributed by atoms with Crippen LogP contribution in [0.25, 0.3) is 10.9 Å². The highest BCUT2D eigenvalue weighted by Crippen LogP contribution is 2.26. The molecule has 1 heterocycles. The van der Waals surface area contributed by atoms with Gasteiger partial charge >= 0.3 is 11.9 Å². The van der Waals surface area contributed by atoms with Crippen molar-refractivity contribution in [3.63, 3.8) is 0 Å². The van der Waals surface area contributed by atoms with Crippen molar-refractivity contribution >= 4 is 22.8 Å². The van der Waals surface area contributed by atoms with Crippen LogP contribution in [0.3, 0.4) is 0 Å². The number of aromatic nitrogens is 1. The molecule has 2 aromatic carbocycles. The molecule has 4 N–H and O–H groups in total. The molecule has 3 rings (SSSR count). The lowest BCUT2D eigenvalue weighted by atomic mass is 10.1. The van der Waals surface area contributed by atoms with Crippen LogP contribution < -0.4 is 10.1 Å². The molecule has 0 bridgehead atoms. The van der Waals surface area contributed by atoms with Gasteiger partial charge in [-0.3, -0.25) is 0 Å². The average Bonchev–Trinajstić information content (AvgIpc) is 3.00. The third-order valence-electron chi connectivity index (χ3n) is 4.28. The van der Waals surface area contributed by atoms with Gasteiger partial charge in [-0.05, 0) is 61.3 Å². The van der Waals surface area contributed by atoms with Crippen molar-refractivity contribution in [2.24, 2.45) is 0 Å². The minimum absolute atomic E-state index is 0.191. The number of carbonyl (C=O) groups is 2. The number of methoxy groups -OCH3 is 1. The maximum Gasteiger partial charge on any atom is 0.414 e. The second-order valence-electron chi connectivity index (χ2n) is 6.31. The molecule has 0 atom stereocenters. The van der Waals surface area contributed by atoms with Crippen molar-refractivity contribution in [1.29, 1.82) is 0 Å². The Bertz CT molecular complexity index is 988. The van der Waals surface area contributed by atoms with Crippen LogP contribution in [0.2, 0.25) is 0 Å². The van der Waals surface area contributed by atoms with E-state index in [-0.39, 0.29) is 5.82 Å². The van der Waals surface area contributed by atoms with E-state index in [0.29, 0.717) is 6.54 Å². The van der Waals surface area contributed by atoms with Crippen LogP contribution in [0.4, 0.5) is 4.39 Å². The van der Waals surface area contributed by atoms with Gasteiger partial charge in [-0.15, -0.1) is 0 Å². The van der Waals surface area contributed by atoms with E-state index in [1.807, 2.05) is 18.2 Å². The molecule has 0 radical (unpaired) electrons. The first-order chi connectivity index (χ1) is 13.8. The monoisotopic (exact) mass is 402 g/mol. The van der Waals surface area contributed by atoms with Crippen molar-refractivity contribution in [2.75, 3.05) is 13.7 Å². The summed E-state index contributed by atoms with van der Waals surface area (Å²) in [6, 6.07) is 12.8. The van der Waals surface area contributed by atoms with Gasteiger partial charge in [0, 0.05) is 23.1 Å². The summed E-state index contributed by atoms with van der Waals surface area (Å²) in [6.45, 7) is 3.60. The van der Waals surface area contributed by atoms with Crippen LogP contribution in [0, 0.1) is 12.7 Å². The van der Waals surface area contributed by atoms with Gasteiger partial charge in [-0.1, -0.05) is 12.1 Å². The number of hydrogen-bond acceptors (Lipinski definition) is 4. The lowest BCUT2D eigenvalue weighted by molar-refractivity contribution is -0.159. The van der Waals surface area contributed by atoms with Crippen LogP contribution in [0.5, 0.6) is 5.75 Å². The number of aryl methyl sites for hydroxylation is 1. The van der Waals surface area contributed by atoms with Crippen molar-refractivity contribution < 1.29 is 28.9 Å². The minimum Gasteiger partial charge on any atom is -0.497 e. The molecule has 3 aromatic rings. The Morgan fingerprint density at radius 3 is 2.48 bits per heavy atom. The third-order valence-corrected chi connectivity index (χ3v) is 4.28. The number of benzene rings is 2. The number of ether oxygens (including phenoxy) is 1. The highest BCUT2D eigenvalue weighted by Gasteiger charge is 2.09. The predicted octanol–water partition coefficient (Wildman–Crippen LogP) is 3.11. The van der Waals surface area contributed by atoms with Crippen molar-refractivity contribution in [2.45, 2.75) is 19.9 Å². The zero-order valence-electron chi connectivity index (χ0n) is 16.2. The zero-order valence-corrected chi connectivity index (χ0v) is 16.2. The second kappa shape index (κ2) is 10.2. The molecular formula is C21H23FN2O5. The maximum absolute atomic E-state index is 13.2. The van der Waals surface area contributed by atoms with Crippen LogP contribution in [-0.2, 0) is 22.6 Å². The number of carboxylic acid groups (broad SMARTS) is 2. The summed E-state index contributed by atoms with van der Waals surface area (Å²) >= 11 is 0. The summed E-state index contributed by atoms with van der Waals surface area (Å²) in [6.07, 6.45) is 0.911. The SMILES string of the molecule is COc1ccc2[nH]c(C)c(CCNCc3cccc(F)c3)c2c1.O=C(O)C(=O)O. The Balaban J connectivity index is 0.000000438. The third kappa shape index (κ3) is 6.32. The lowest BCUT2D eigenvalue weighted by Gasteiger charge is -2.06. The van der Waals surface area contributed by atoms with Gasteiger partial charge in [0.25, 0.3) is 0 Å². The van der Waals surface area contributed by atoms with E-state index in [9.17, 15) is 4.39 Å². The van der Waals surface area contributed by atoms with E-state index in [4.69, 9.17) is 24.5 Å². The normalized spacial score (nSPS) is 10.3. The molecule has 0 saturated heterocycles. The van der Waals surface area contributed by atoms with Crippen molar-refractivity contribution in [1.82, 2.24) is 10.3 Å². The fraction of sp³-hybridized carbons (Fsp3) is 0.238. The predicted molar refractivity (Wildman–Crippen MR) is 107 cm³/mol. The van der Waals surface area contributed by atoms with Crippen LogP contribution >= 0.6 is 0 Å². The van der Waals surface area contributed by atoms with Gasteiger partial charge in [0.05, 0.1) is 7.11 Å². The molecule has 1 aromatic heterocycles. The molecule has 0 aliphatic rings. The van der Waals surface area contributed by atoms with Crippen LogP contribution in [0.1, 0.15) is 16.8 Å². The zero-order chi connectivity index (χ0) is 21.4. The fourth-order valence-electron chi connectivity index (χ4n) is 2.90. The topological polar surface area (TPSA) is 112 Å². The van der Waals surface area contributed by atoms with Gasteiger partial charge in [0.2, 0.25) is 0 Å². The molecule has 7 nitrogen and oxygen atoms in total. The summed E-state index contributed by atoms with van der Waals surface area (Å²) in [7, 11) is 1.68. The fourth-order valence-corrected chi connectivity index (χ4v) is 2.90. The summed E-state index contributed by atoms with van der Waals surface area (Å²) in [4.78, 5) is 21.6. The summed E-state index contributed by atoms with van der Waals surface area (Å²) < 4.78 is 18.5. The molecular weight excluding hydrogens is 379 g/mol. The van der Waals surface area contributed by atoms with E-state index in [2.05, 4.69) is 23.3 Å². The van der Waals surface area contributed by atoms with E-state index < -0.39 is 11.9 Å². The molecule has 0 fully saturated rings. The Hall–Kier alpha value is -3.39. The number of H-pyrrole nitrogens is 1. The number of nitrogens with one attached hydrogen (secondary N) is 2. The first-order valence-corrected chi connectivity index (χ1v) is 8.88.